The van der Waals surface area contributed by atoms with Crippen LogP contribution in [0.15, 0.2) is 32.7 Å². The molecule has 2 aromatic rings. The molecule has 1 fully saturated rings. The molecule has 0 aliphatic heterocycles. The van der Waals surface area contributed by atoms with Crippen LogP contribution in [0.3, 0.4) is 0 Å². The summed E-state index contributed by atoms with van der Waals surface area (Å²) in [5.41, 5.74) is 4.09. The van der Waals surface area contributed by atoms with Gasteiger partial charge in [-0.1, -0.05) is 0 Å². The highest BCUT2D eigenvalue weighted by Gasteiger charge is 2.29. The number of nitrogen functional groups attached to an aromatic ring is 1. The van der Waals surface area contributed by atoms with Crippen molar-refractivity contribution in [2.45, 2.75) is 23.8 Å². The first-order valence-electron chi connectivity index (χ1n) is 7.14. The lowest BCUT2D eigenvalue weighted by Gasteiger charge is -2.11. The lowest BCUT2D eigenvalue weighted by atomic mass is 10.2. The lowest BCUT2D eigenvalue weighted by molar-refractivity contribution is 0.102. The number of ketones is 1. The second-order valence-corrected chi connectivity index (χ2v) is 6.46. The molecular formula is C15H13F2N3O3S. The fourth-order valence-electron chi connectivity index (χ4n) is 2.32. The Morgan fingerprint density at radius 1 is 1.29 bits per heavy atom. The van der Waals surface area contributed by atoms with Gasteiger partial charge >= 0.3 is 5.69 Å². The smallest absolute Gasteiger partial charge is 0.330 e. The molecule has 0 amide bonds. The number of aromatic amines is 1. The van der Waals surface area contributed by atoms with Crippen molar-refractivity contribution in [2.24, 2.45) is 0 Å². The maximum Gasteiger partial charge on any atom is 0.330 e. The van der Waals surface area contributed by atoms with Gasteiger partial charge in [-0.3, -0.25) is 19.1 Å². The molecule has 3 rings (SSSR count). The van der Waals surface area contributed by atoms with Crippen molar-refractivity contribution in [3.8, 4) is 0 Å². The molecule has 0 bridgehead atoms. The van der Waals surface area contributed by atoms with Crippen LogP contribution in [0.4, 0.5) is 14.6 Å². The maximum atomic E-state index is 13.2. The zero-order valence-corrected chi connectivity index (χ0v) is 13.2. The van der Waals surface area contributed by atoms with E-state index < -0.39 is 28.7 Å². The van der Waals surface area contributed by atoms with Gasteiger partial charge in [0.25, 0.3) is 5.56 Å². The number of nitrogens with zero attached hydrogens (tertiary/aromatic N) is 1. The van der Waals surface area contributed by atoms with E-state index in [0.29, 0.717) is 4.90 Å². The van der Waals surface area contributed by atoms with Gasteiger partial charge in [0.15, 0.2) is 17.4 Å². The highest BCUT2D eigenvalue weighted by Crippen LogP contribution is 2.35. The summed E-state index contributed by atoms with van der Waals surface area (Å²) in [5.74, 6) is -2.93. The predicted molar refractivity (Wildman–Crippen MR) is 85.4 cm³/mol. The molecule has 1 aromatic carbocycles. The average molecular weight is 353 g/mol. The largest absolute Gasteiger partial charge is 0.384 e. The van der Waals surface area contributed by atoms with Gasteiger partial charge in [0.05, 0.1) is 5.75 Å². The summed E-state index contributed by atoms with van der Waals surface area (Å²) in [6, 6.07) is 3.15. The second-order valence-electron chi connectivity index (χ2n) is 5.41. The SMILES string of the molecule is Nc1c(C(=O)CSc2ccc(F)c(F)c2)c(=O)[nH]c(=O)n1C1CC1. The number of halogens is 2. The van der Waals surface area contributed by atoms with Crippen molar-refractivity contribution in [1.82, 2.24) is 9.55 Å². The van der Waals surface area contributed by atoms with Crippen molar-refractivity contribution >= 4 is 23.4 Å². The van der Waals surface area contributed by atoms with Gasteiger partial charge in [-0.15, -0.1) is 11.8 Å². The molecule has 0 unspecified atom stereocenters. The summed E-state index contributed by atoms with van der Waals surface area (Å²) in [5, 5.41) is 0. The summed E-state index contributed by atoms with van der Waals surface area (Å²) >= 11 is 0.946. The van der Waals surface area contributed by atoms with Crippen LogP contribution in [-0.2, 0) is 0 Å². The quantitative estimate of drug-likeness (QED) is 0.630. The Labute approximate surface area is 138 Å². The molecule has 1 aliphatic rings. The van der Waals surface area contributed by atoms with E-state index in [0.717, 1.165) is 36.7 Å². The molecule has 0 spiro atoms. The average Bonchev–Trinajstić information content (AvgIpc) is 3.32. The van der Waals surface area contributed by atoms with Crippen LogP contribution in [0, 0.1) is 11.6 Å². The molecule has 126 valence electrons. The molecule has 0 atom stereocenters. The van der Waals surface area contributed by atoms with Crippen LogP contribution in [0.2, 0.25) is 0 Å². The Morgan fingerprint density at radius 3 is 2.62 bits per heavy atom. The number of H-pyrrole nitrogens is 1. The first-order chi connectivity index (χ1) is 11.4. The highest BCUT2D eigenvalue weighted by molar-refractivity contribution is 8.00. The molecule has 0 saturated heterocycles. The standard InChI is InChI=1S/C15H13F2N3O3S/c16-9-4-3-8(5-10(9)17)24-6-11(21)12-13(18)20(7-1-2-7)15(23)19-14(12)22/h3-5,7H,1-2,6,18H2,(H,19,22,23). The second kappa shape index (κ2) is 6.23. The number of Topliss-reactive ketones (excluding diaryl/α,β-unsaturated/α-hetero) is 1. The van der Waals surface area contributed by atoms with Crippen molar-refractivity contribution in [2.75, 3.05) is 11.5 Å². The molecule has 9 heteroatoms. The first kappa shape index (κ1) is 16.4. The van der Waals surface area contributed by atoms with Gasteiger partial charge < -0.3 is 5.73 Å². The number of nitrogens with two attached hydrogens (primary N) is 1. The van der Waals surface area contributed by atoms with Gasteiger partial charge in [-0.2, -0.15) is 0 Å². The number of thioether (sulfide) groups is 1. The fraction of sp³-hybridized carbons (Fsp3) is 0.267. The van der Waals surface area contributed by atoms with E-state index in [2.05, 4.69) is 4.98 Å². The third-order valence-corrected chi connectivity index (χ3v) is 4.63. The Kier molecular flexibility index (Phi) is 4.27. The van der Waals surface area contributed by atoms with E-state index in [1.54, 1.807) is 0 Å². The summed E-state index contributed by atoms with van der Waals surface area (Å²) in [6.45, 7) is 0. The summed E-state index contributed by atoms with van der Waals surface area (Å²) in [6.07, 6.45) is 1.51. The summed E-state index contributed by atoms with van der Waals surface area (Å²) < 4.78 is 27.3. The molecule has 24 heavy (non-hydrogen) atoms. The van der Waals surface area contributed by atoms with Crippen molar-refractivity contribution < 1.29 is 13.6 Å². The third-order valence-electron chi connectivity index (χ3n) is 3.63. The van der Waals surface area contributed by atoms with Gasteiger partial charge in [0.1, 0.15) is 11.4 Å². The molecular weight excluding hydrogens is 340 g/mol. The van der Waals surface area contributed by atoms with E-state index in [9.17, 15) is 23.2 Å². The van der Waals surface area contributed by atoms with Crippen molar-refractivity contribution in [3.63, 3.8) is 0 Å². The van der Waals surface area contributed by atoms with Crippen LogP contribution in [0.25, 0.3) is 0 Å². The summed E-state index contributed by atoms with van der Waals surface area (Å²) in [7, 11) is 0. The number of benzene rings is 1. The topological polar surface area (TPSA) is 98.0 Å². The monoisotopic (exact) mass is 353 g/mol. The summed E-state index contributed by atoms with van der Waals surface area (Å²) in [4.78, 5) is 38.5. The third kappa shape index (κ3) is 3.12. The zero-order valence-electron chi connectivity index (χ0n) is 12.3. The van der Waals surface area contributed by atoms with E-state index >= 15 is 0 Å². The Bertz CT molecular complexity index is 935. The van der Waals surface area contributed by atoms with E-state index in [1.165, 1.54) is 10.6 Å². The highest BCUT2D eigenvalue weighted by atomic mass is 32.2. The lowest BCUT2D eigenvalue weighted by Crippen LogP contribution is -2.36. The zero-order chi connectivity index (χ0) is 17.4. The van der Waals surface area contributed by atoms with Crippen molar-refractivity contribution in [3.05, 3.63) is 56.2 Å². The van der Waals surface area contributed by atoms with Gasteiger partial charge in [-0.25, -0.2) is 13.6 Å². The number of anilines is 1. The van der Waals surface area contributed by atoms with Crippen LogP contribution in [0.5, 0.6) is 0 Å². The van der Waals surface area contributed by atoms with Crippen LogP contribution in [0.1, 0.15) is 29.2 Å². The number of carbonyl (C=O) groups excluding carboxylic acids is 1. The Hall–Kier alpha value is -2.42. The van der Waals surface area contributed by atoms with Crippen LogP contribution < -0.4 is 17.0 Å². The van der Waals surface area contributed by atoms with Crippen LogP contribution >= 0.6 is 11.8 Å². The Morgan fingerprint density at radius 2 is 2.00 bits per heavy atom. The number of nitrogens with one attached hydrogen (secondary N) is 1. The van der Waals surface area contributed by atoms with Gasteiger partial charge in [0.2, 0.25) is 0 Å². The minimum Gasteiger partial charge on any atom is -0.384 e. The Balaban J connectivity index is 1.85. The van der Waals surface area contributed by atoms with E-state index in [4.69, 9.17) is 5.73 Å². The van der Waals surface area contributed by atoms with E-state index in [1.807, 2.05) is 0 Å². The van der Waals surface area contributed by atoms with Crippen molar-refractivity contribution in [1.29, 1.82) is 0 Å². The normalized spacial score (nSPS) is 13.9. The fourth-order valence-corrected chi connectivity index (χ4v) is 3.11. The maximum absolute atomic E-state index is 13.2. The van der Waals surface area contributed by atoms with Crippen LogP contribution in [-0.4, -0.2) is 21.1 Å². The molecule has 1 aromatic heterocycles. The molecule has 1 aliphatic carbocycles. The van der Waals surface area contributed by atoms with Gasteiger partial charge in [0, 0.05) is 10.9 Å². The minimum atomic E-state index is -1.02. The molecule has 1 heterocycles. The number of rotatable bonds is 5. The predicted octanol–water partition coefficient (Wildman–Crippen LogP) is 1.71. The van der Waals surface area contributed by atoms with Gasteiger partial charge in [-0.05, 0) is 31.0 Å². The number of carbonyl (C=O) groups is 1. The molecule has 0 radical (unpaired) electrons. The molecule has 1 saturated carbocycles. The molecule has 3 N–H and O–H groups in total. The number of aromatic nitrogens is 2. The number of hydrogen-bond donors (Lipinski definition) is 2. The molecule has 6 nitrogen and oxygen atoms in total. The minimum absolute atomic E-state index is 0.0975. The first-order valence-corrected chi connectivity index (χ1v) is 8.12. The van der Waals surface area contributed by atoms with E-state index in [-0.39, 0.29) is 23.2 Å². The number of hydrogen-bond acceptors (Lipinski definition) is 5.